The van der Waals surface area contributed by atoms with Gasteiger partial charge in [-0.05, 0) is 31.1 Å². The van der Waals surface area contributed by atoms with Crippen molar-refractivity contribution in [1.82, 2.24) is 14.9 Å². The van der Waals surface area contributed by atoms with Gasteiger partial charge in [0.05, 0.1) is 5.69 Å². The van der Waals surface area contributed by atoms with E-state index < -0.39 is 0 Å². The fraction of sp³-hybridized carbons (Fsp3) is 0.786. The lowest BCUT2D eigenvalue weighted by Gasteiger charge is -2.23. The average molecular weight is 233 g/mol. The maximum atomic E-state index is 4.72. The third-order valence-electron chi connectivity index (χ3n) is 4.77. The van der Waals surface area contributed by atoms with E-state index in [1.807, 2.05) is 0 Å². The third kappa shape index (κ3) is 1.81. The van der Waals surface area contributed by atoms with Gasteiger partial charge in [-0.1, -0.05) is 13.8 Å². The zero-order valence-corrected chi connectivity index (χ0v) is 11.2. The van der Waals surface area contributed by atoms with Gasteiger partial charge in [-0.3, -0.25) is 0 Å². The van der Waals surface area contributed by atoms with Crippen LogP contribution in [0.2, 0.25) is 0 Å². The van der Waals surface area contributed by atoms with Crippen LogP contribution in [0.5, 0.6) is 0 Å². The van der Waals surface area contributed by atoms with Crippen molar-refractivity contribution in [3.63, 3.8) is 0 Å². The number of aryl methyl sites for hydroxylation is 1. The van der Waals surface area contributed by atoms with E-state index in [1.54, 1.807) is 0 Å². The summed E-state index contributed by atoms with van der Waals surface area (Å²) in [4.78, 5) is 4.72. The average Bonchev–Trinajstić information content (AvgIpc) is 3.01. The van der Waals surface area contributed by atoms with Crippen molar-refractivity contribution in [3.8, 4) is 0 Å². The van der Waals surface area contributed by atoms with Gasteiger partial charge in [0.15, 0.2) is 0 Å². The molecule has 1 saturated carbocycles. The zero-order chi connectivity index (χ0) is 12.0. The van der Waals surface area contributed by atoms with Gasteiger partial charge in [-0.2, -0.15) is 0 Å². The second kappa shape index (κ2) is 3.84. The molecule has 2 heterocycles. The number of nitrogens with zero attached hydrogens (tertiary/aromatic N) is 2. The van der Waals surface area contributed by atoms with E-state index in [-0.39, 0.29) is 0 Å². The van der Waals surface area contributed by atoms with Gasteiger partial charge >= 0.3 is 0 Å². The Hall–Kier alpha value is -0.830. The van der Waals surface area contributed by atoms with Crippen LogP contribution in [-0.4, -0.2) is 16.1 Å². The SMILES string of the molecule is Cc1nc2c(n1CC1(C(C)C)CC1)CCNC2. The lowest BCUT2D eigenvalue weighted by atomic mass is 9.92. The molecule has 3 nitrogen and oxygen atoms in total. The summed E-state index contributed by atoms with van der Waals surface area (Å²) >= 11 is 0. The third-order valence-corrected chi connectivity index (χ3v) is 4.77. The highest BCUT2D eigenvalue weighted by Crippen LogP contribution is 2.53. The van der Waals surface area contributed by atoms with Crippen LogP contribution in [0.15, 0.2) is 0 Å². The first kappa shape index (κ1) is 11.3. The van der Waals surface area contributed by atoms with Crippen molar-refractivity contribution in [2.24, 2.45) is 11.3 Å². The Labute approximate surface area is 104 Å². The van der Waals surface area contributed by atoms with E-state index in [1.165, 1.54) is 36.6 Å². The Bertz CT molecular complexity index is 427. The van der Waals surface area contributed by atoms with Crippen LogP contribution >= 0.6 is 0 Å². The van der Waals surface area contributed by atoms with E-state index in [2.05, 4.69) is 30.7 Å². The molecule has 94 valence electrons. The van der Waals surface area contributed by atoms with Crippen LogP contribution < -0.4 is 5.32 Å². The van der Waals surface area contributed by atoms with Gasteiger partial charge in [0, 0.05) is 31.7 Å². The molecule has 0 aromatic carbocycles. The normalized spacial score (nSPS) is 21.6. The van der Waals surface area contributed by atoms with Gasteiger partial charge in [-0.25, -0.2) is 4.98 Å². The molecule has 0 unspecified atom stereocenters. The second-order valence-electron chi connectivity index (χ2n) is 6.08. The van der Waals surface area contributed by atoms with Crippen molar-refractivity contribution in [3.05, 3.63) is 17.2 Å². The Morgan fingerprint density at radius 1 is 1.41 bits per heavy atom. The summed E-state index contributed by atoms with van der Waals surface area (Å²) in [6.45, 7) is 10.2. The highest BCUT2D eigenvalue weighted by Gasteiger charge is 2.46. The summed E-state index contributed by atoms with van der Waals surface area (Å²) in [5.41, 5.74) is 3.35. The van der Waals surface area contributed by atoms with E-state index >= 15 is 0 Å². The summed E-state index contributed by atoms with van der Waals surface area (Å²) in [6, 6.07) is 0. The smallest absolute Gasteiger partial charge is 0.106 e. The maximum absolute atomic E-state index is 4.72. The van der Waals surface area contributed by atoms with Gasteiger partial charge in [-0.15, -0.1) is 0 Å². The monoisotopic (exact) mass is 233 g/mol. The van der Waals surface area contributed by atoms with E-state index in [0.29, 0.717) is 5.41 Å². The molecule has 0 spiro atoms. The molecule has 1 fully saturated rings. The van der Waals surface area contributed by atoms with Crippen molar-refractivity contribution >= 4 is 0 Å². The van der Waals surface area contributed by atoms with Crippen LogP contribution in [0.1, 0.15) is 43.9 Å². The standard InChI is InChI=1S/C14H23N3/c1-10(2)14(5-6-14)9-17-11(3)16-12-8-15-7-4-13(12)17/h10,15H,4-9H2,1-3H3. The first-order chi connectivity index (χ1) is 8.12. The molecule has 0 radical (unpaired) electrons. The van der Waals surface area contributed by atoms with Crippen molar-refractivity contribution < 1.29 is 0 Å². The minimum atomic E-state index is 0.574. The summed E-state index contributed by atoms with van der Waals surface area (Å²) in [7, 11) is 0. The lowest BCUT2D eigenvalue weighted by Crippen LogP contribution is -2.27. The van der Waals surface area contributed by atoms with E-state index in [9.17, 15) is 0 Å². The van der Waals surface area contributed by atoms with Gasteiger partial charge in [0.1, 0.15) is 5.82 Å². The molecule has 3 rings (SSSR count). The van der Waals surface area contributed by atoms with Crippen LogP contribution in [0.3, 0.4) is 0 Å². The largest absolute Gasteiger partial charge is 0.331 e. The van der Waals surface area contributed by atoms with Gasteiger partial charge in [0.2, 0.25) is 0 Å². The predicted octanol–water partition coefficient (Wildman–Crippen LogP) is 2.27. The molecule has 0 saturated heterocycles. The number of nitrogens with one attached hydrogen (secondary N) is 1. The fourth-order valence-electron chi connectivity index (χ4n) is 3.11. The molecule has 1 aromatic rings. The molecule has 0 bridgehead atoms. The highest BCUT2D eigenvalue weighted by atomic mass is 15.1. The van der Waals surface area contributed by atoms with Crippen molar-refractivity contribution in [2.75, 3.05) is 6.54 Å². The molecule has 2 aliphatic rings. The summed E-state index contributed by atoms with van der Waals surface area (Å²) in [5, 5.41) is 3.41. The maximum Gasteiger partial charge on any atom is 0.106 e. The van der Waals surface area contributed by atoms with Crippen LogP contribution in [0, 0.1) is 18.3 Å². The minimum Gasteiger partial charge on any atom is -0.331 e. The molecule has 17 heavy (non-hydrogen) atoms. The first-order valence-corrected chi connectivity index (χ1v) is 6.88. The van der Waals surface area contributed by atoms with Crippen LogP contribution in [-0.2, 0) is 19.5 Å². The number of rotatable bonds is 3. The van der Waals surface area contributed by atoms with Crippen LogP contribution in [0.25, 0.3) is 0 Å². The fourth-order valence-corrected chi connectivity index (χ4v) is 3.11. The molecule has 1 aliphatic carbocycles. The Balaban J connectivity index is 1.90. The molecule has 1 aromatic heterocycles. The molecule has 0 amide bonds. The second-order valence-corrected chi connectivity index (χ2v) is 6.08. The van der Waals surface area contributed by atoms with Gasteiger partial charge in [0.25, 0.3) is 0 Å². The summed E-state index contributed by atoms with van der Waals surface area (Å²) in [6.07, 6.45) is 3.94. The first-order valence-electron chi connectivity index (χ1n) is 6.88. The summed E-state index contributed by atoms with van der Waals surface area (Å²) < 4.78 is 2.50. The topological polar surface area (TPSA) is 29.9 Å². The van der Waals surface area contributed by atoms with Crippen molar-refractivity contribution in [1.29, 1.82) is 0 Å². The number of aromatic nitrogens is 2. The number of hydrogen-bond donors (Lipinski definition) is 1. The number of fused-ring (bicyclic) bond motifs is 1. The highest BCUT2D eigenvalue weighted by molar-refractivity contribution is 5.20. The minimum absolute atomic E-state index is 0.574. The predicted molar refractivity (Wildman–Crippen MR) is 68.9 cm³/mol. The quantitative estimate of drug-likeness (QED) is 0.868. The molecule has 0 atom stereocenters. The lowest BCUT2D eigenvalue weighted by molar-refractivity contribution is 0.302. The Kier molecular flexibility index (Phi) is 2.54. The number of imidazole rings is 1. The van der Waals surface area contributed by atoms with Gasteiger partial charge < -0.3 is 9.88 Å². The van der Waals surface area contributed by atoms with Crippen LogP contribution in [0.4, 0.5) is 0 Å². The zero-order valence-electron chi connectivity index (χ0n) is 11.2. The van der Waals surface area contributed by atoms with E-state index in [0.717, 1.165) is 25.4 Å². The number of hydrogen-bond acceptors (Lipinski definition) is 2. The molecular weight excluding hydrogens is 210 g/mol. The Morgan fingerprint density at radius 3 is 2.82 bits per heavy atom. The van der Waals surface area contributed by atoms with Crippen molar-refractivity contribution in [2.45, 2.75) is 53.1 Å². The Morgan fingerprint density at radius 2 is 2.18 bits per heavy atom. The molecule has 1 aliphatic heterocycles. The van der Waals surface area contributed by atoms with E-state index in [4.69, 9.17) is 4.98 Å². The molecular formula is C14H23N3. The molecule has 1 N–H and O–H groups in total. The molecule has 3 heteroatoms. The summed E-state index contributed by atoms with van der Waals surface area (Å²) in [5.74, 6) is 2.01.